The van der Waals surface area contributed by atoms with E-state index in [0.29, 0.717) is 34.6 Å². The summed E-state index contributed by atoms with van der Waals surface area (Å²) in [6.45, 7) is 6.01. The van der Waals surface area contributed by atoms with Gasteiger partial charge in [-0.2, -0.15) is 0 Å². The minimum absolute atomic E-state index is 0.125. The van der Waals surface area contributed by atoms with Crippen LogP contribution in [0.5, 0.6) is 17.2 Å². The largest absolute Gasteiger partial charge is 0.493 e. The van der Waals surface area contributed by atoms with Crippen LogP contribution in [0.25, 0.3) is 11.0 Å². The molecule has 0 unspecified atom stereocenters. The summed E-state index contributed by atoms with van der Waals surface area (Å²) in [5, 5.41) is 5.00. The fraction of sp³-hybridized carbons (Fsp3) is 0.407. The van der Waals surface area contributed by atoms with E-state index in [1.807, 2.05) is 31.2 Å². The van der Waals surface area contributed by atoms with Crippen LogP contribution in [0.4, 0.5) is 0 Å². The summed E-state index contributed by atoms with van der Waals surface area (Å²) in [5.74, 6) is 2.01. The molecule has 7 nitrogen and oxygen atoms in total. The highest BCUT2D eigenvalue weighted by molar-refractivity contribution is 7.80. The van der Waals surface area contributed by atoms with Gasteiger partial charge in [-0.15, -0.1) is 0 Å². The molecule has 3 aromatic rings. The van der Waals surface area contributed by atoms with Gasteiger partial charge in [0.05, 0.1) is 20.3 Å². The molecule has 0 fully saturated rings. The van der Waals surface area contributed by atoms with E-state index in [2.05, 4.69) is 17.1 Å². The smallest absolute Gasteiger partial charge is 0.336 e. The lowest BCUT2D eigenvalue weighted by atomic mass is 9.92. The minimum Gasteiger partial charge on any atom is -0.493 e. The van der Waals surface area contributed by atoms with E-state index in [-0.39, 0.29) is 11.7 Å². The van der Waals surface area contributed by atoms with Gasteiger partial charge in [0.15, 0.2) is 16.6 Å². The molecule has 0 saturated heterocycles. The summed E-state index contributed by atoms with van der Waals surface area (Å²) >= 11 is 5.78. The van der Waals surface area contributed by atoms with Crippen LogP contribution in [0.3, 0.4) is 0 Å². The molecule has 0 radical (unpaired) electrons. The molecule has 1 aliphatic rings. The molecule has 1 aromatic heterocycles. The number of hydrogen-bond acceptors (Lipinski definition) is 6. The monoisotopic (exact) mass is 496 g/mol. The van der Waals surface area contributed by atoms with Crippen LogP contribution in [0, 0.1) is 6.92 Å². The number of ether oxygens (including phenoxy) is 3. The summed E-state index contributed by atoms with van der Waals surface area (Å²) in [6.07, 6.45) is 2.99. The average molecular weight is 497 g/mol. The molecule has 0 bridgehead atoms. The zero-order chi connectivity index (χ0) is 24.9. The number of methoxy groups -OCH3 is 2. The van der Waals surface area contributed by atoms with Crippen LogP contribution in [0.2, 0.25) is 0 Å². The molecule has 35 heavy (non-hydrogen) atoms. The lowest BCUT2D eigenvalue weighted by molar-refractivity contribution is 0.187. The molecule has 0 amide bonds. The average Bonchev–Trinajstić information content (AvgIpc) is 2.85. The van der Waals surface area contributed by atoms with Gasteiger partial charge in [-0.05, 0) is 72.9 Å². The quantitative estimate of drug-likeness (QED) is 0.272. The second kappa shape index (κ2) is 11.0. The van der Waals surface area contributed by atoms with E-state index >= 15 is 0 Å². The third-order valence-corrected chi connectivity index (χ3v) is 6.78. The highest BCUT2D eigenvalue weighted by Gasteiger charge is 2.31. The summed E-state index contributed by atoms with van der Waals surface area (Å²) in [6, 6.07) is 11.0. The van der Waals surface area contributed by atoms with Crippen molar-refractivity contribution in [2.45, 2.75) is 39.2 Å². The third-order valence-electron chi connectivity index (χ3n) is 6.40. The Morgan fingerprint density at radius 1 is 1.17 bits per heavy atom. The second-order valence-electron chi connectivity index (χ2n) is 8.67. The summed E-state index contributed by atoms with van der Waals surface area (Å²) in [4.78, 5) is 14.0. The predicted molar refractivity (Wildman–Crippen MR) is 141 cm³/mol. The molecular formula is C27H32N2O5S. The van der Waals surface area contributed by atoms with Crippen LogP contribution < -0.4 is 25.2 Å². The van der Waals surface area contributed by atoms with E-state index in [4.69, 9.17) is 30.8 Å². The number of benzene rings is 2. The molecule has 1 atom stereocenters. The fourth-order valence-corrected chi connectivity index (χ4v) is 4.82. The first-order chi connectivity index (χ1) is 16.9. The predicted octanol–water partition coefficient (Wildman–Crippen LogP) is 4.77. The van der Waals surface area contributed by atoms with Gasteiger partial charge in [-0.3, -0.25) is 0 Å². The van der Waals surface area contributed by atoms with E-state index in [1.165, 1.54) is 11.6 Å². The summed E-state index contributed by atoms with van der Waals surface area (Å²) in [7, 11) is 3.28. The zero-order valence-electron chi connectivity index (χ0n) is 20.7. The zero-order valence-corrected chi connectivity index (χ0v) is 21.5. The maximum absolute atomic E-state index is 11.8. The molecule has 0 saturated carbocycles. The number of unbranched alkanes of at least 4 members (excludes halogenated alkanes) is 1. The molecule has 186 valence electrons. The van der Waals surface area contributed by atoms with Crippen LogP contribution in [0.1, 0.15) is 42.5 Å². The van der Waals surface area contributed by atoms with Crippen molar-refractivity contribution in [2.75, 3.05) is 33.9 Å². The maximum Gasteiger partial charge on any atom is 0.336 e. The van der Waals surface area contributed by atoms with E-state index in [9.17, 15) is 4.79 Å². The van der Waals surface area contributed by atoms with Crippen LogP contribution in [-0.2, 0) is 6.42 Å². The molecule has 0 aliphatic carbocycles. The first-order valence-corrected chi connectivity index (χ1v) is 12.3. The van der Waals surface area contributed by atoms with Crippen molar-refractivity contribution in [3.63, 3.8) is 0 Å². The maximum atomic E-state index is 11.8. The number of nitrogens with zero attached hydrogens (tertiary/aromatic N) is 1. The van der Waals surface area contributed by atoms with Gasteiger partial charge in [0, 0.05) is 30.6 Å². The number of thiocarbonyl (C=S) groups is 1. The Labute approximate surface area is 211 Å². The number of fused-ring (bicyclic) bond motifs is 2. The normalized spacial score (nSPS) is 15.0. The van der Waals surface area contributed by atoms with Crippen molar-refractivity contribution in [3.8, 4) is 17.2 Å². The van der Waals surface area contributed by atoms with E-state index in [1.54, 1.807) is 20.3 Å². The number of hydrogen-bond donors (Lipinski definition) is 1. The Bertz CT molecular complexity index is 1270. The van der Waals surface area contributed by atoms with Crippen molar-refractivity contribution in [1.29, 1.82) is 0 Å². The highest BCUT2D eigenvalue weighted by Crippen LogP contribution is 2.38. The van der Waals surface area contributed by atoms with Crippen LogP contribution in [-0.4, -0.2) is 43.9 Å². The van der Waals surface area contributed by atoms with Gasteiger partial charge in [-0.1, -0.05) is 13.3 Å². The molecule has 2 aromatic carbocycles. The molecule has 4 rings (SSSR count). The standard InChI is InChI=1S/C27H32N2O5S/c1-5-6-10-28-27(35)29-11-9-18-13-24(31-3)25(32-4)15-21(18)22(29)16-33-19-7-8-20-17(2)12-26(30)34-23(20)14-19/h7-8,12-15,22H,5-6,9-11,16H2,1-4H3,(H,28,35)/t22-/m1/s1. The Kier molecular flexibility index (Phi) is 7.80. The van der Waals surface area contributed by atoms with Crippen molar-refractivity contribution < 1.29 is 18.6 Å². The SMILES string of the molecule is CCCCNC(=S)N1CCc2cc(OC)c(OC)cc2[C@H]1COc1ccc2c(C)cc(=O)oc2c1. The molecule has 2 heterocycles. The Hall–Kier alpha value is -3.26. The molecule has 8 heteroatoms. The molecule has 1 aliphatic heterocycles. The lowest BCUT2D eigenvalue weighted by Crippen LogP contribution is -2.47. The highest BCUT2D eigenvalue weighted by atomic mass is 32.1. The van der Waals surface area contributed by atoms with Gasteiger partial charge in [0.2, 0.25) is 0 Å². The second-order valence-corrected chi connectivity index (χ2v) is 9.05. The molecular weight excluding hydrogens is 464 g/mol. The fourth-order valence-electron chi connectivity index (χ4n) is 4.49. The topological polar surface area (TPSA) is 73.2 Å². The Morgan fingerprint density at radius 3 is 2.69 bits per heavy atom. The van der Waals surface area contributed by atoms with Crippen molar-refractivity contribution >= 4 is 28.3 Å². The van der Waals surface area contributed by atoms with E-state index < -0.39 is 0 Å². The van der Waals surface area contributed by atoms with Gasteiger partial charge in [-0.25, -0.2) is 4.79 Å². The summed E-state index contributed by atoms with van der Waals surface area (Å²) in [5.41, 5.74) is 3.29. The van der Waals surface area contributed by atoms with Crippen LogP contribution >= 0.6 is 12.2 Å². The first-order valence-electron chi connectivity index (χ1n) is 11.9. The Balaban J connectivity index is 1.64. The van der Waals surface area contributed by atoms with Gasteiger partial charge in [0.1, 0.15) is 17.9 Å². The number of aryl methyl sites for hydroxylation is 1. The van der Waals surface area contributed by atoms with Crippen molar-refractivity contribution in [3.05, 3.63) is 63.5 Å². The van der Waals surface area contributed by atoms with Gasteiger partial charge < -0.3 is 28.8 Å². The number of rotatable bonds is 8. The van der Waals surface area contributed by atoms with Crippen molar-refractivity contribution in [2.24, 2.45) is 0 Å². The first kappa shape index (κ1) is 24.9. The van der Waals surface area contributed by atoms with Gasteiger partial charge in [0.25, 0.3) is 0 Å². The summed E-state index contributed by atoms with van der Waals surface area (Å²) < 4.78 is 22.8. The van der Waals surface area contributed by atoms with Crippen molar-refractivity contribution in [1.82, 2.24) is 10.2 Å². The van der Waals surface area contributed by atoms with Crippen LogP contribution in [0.15, 0.2) is 45.6 Å². The minimum atomic E-state index is -0.371. The Morgan fingerprint density at radius 2 is 1.94 bits per heavy atom. The van der Waals surface area contributed by atoms with Gasteiger partial charge >= 0.3 is 5.63 Å². The number of nitrogens with one attached hydrogen (secondary N) is 1. The van der Waals surface area contributed by atoms with E-state index in [0.717, 1.165) is 48.9 Å². The molecule has 1 N–H and O–H groups in total. The molecule has 0 spiro atoms. The lowest BCUT2D eigenvalue weighted by Gasteiger charge is -2.39. The third kappa shape index (κ3) is 5.37.